The second kappa shape index (κ2) is 10.2. The largest absolute Gasteiger partial charge is 0.496 e. The molecule has 1 N–H and O–H groups in total. The van der Waals surface area contributed by atoms with Crippen molar-refractivity contribution >= 4 is 29.3 Å². The summed E-state index contributed by atoms with van der Waals surface area (Å²) >= 11 is 7.14. The van der Waals surface area contributed by atoms with Gasteiger partial charge in [0.25, 0.3) is 0 Å². The molecule has 3 rings (SSSR count). The molecule has 0 spiro atoms. The summed E-state index contributed by atoms with van der Waals surface area (Å²) in [7, 11) is 4.65. The van der Waals surface area contributed by atoms with Gasteiger partial charge in [-0.15, -0.1) is 5.10 Å². The average Bonchev–Trinajstić information content (AvgIpc) is 3.24. The molecular formula is C19H20ClN5O4S. The van der Waals surface area contributed by atoms with Crippen LogP contribution in [0.15, 0.2) is 41.6 Å². The average molecular weight is 450 g/mol. The van der Waals surface area contributed by atoms with E-state index >= 15 is 0 Å². The van der Waals surface area contributed by atoms with Crippen LogP contribution in [-0.2, 0) is 11.3 Å². The summed E-state index contributed by atoms with van der Waals surface area (Å²) < 4.78 is 17.5. The number of ether oxygens (including phenoxy) is 3. The van der Waals surface area contributed by atoms with Gasteiger partial charge in [-0.1, -0.05) is 23.4 Å². The number of thioether (sulfide) groups is 1. The molecule has 1 heterocycles. The molecule has 0 fully saturated rings. The number of halogens is 1. The van der Waals surface area contributed by atoms with E-state index in [4.69, 9.17) is 25.8 Å². The van der Waals surface area contributed by atoms with Gasteiger partial charge in [0.2, 0.25) is 11.1 Å². The van der Waals surface area contributed by atoms with Crippen LogP contribution in [0.3, 0.4) is 0 Å². The summed E-state index contributed by atoms with van der Waals surface area (Å²) in [5.74, 6) is 1.66. The maximum Gasteiger partial charge on any atom is 0.230 e. The summed E-state index contributed by atoms with van der Waals surface area (Å²) in [6.07, 6.45) is 0. The minimum atomic E-state index is -0.178. The molecule has 0 atom stereocenters. The Hall–Kier alpha value is -2.98. The van der Waals surface area contributed by atoms with Crippen LogP contribution in [0, 0.1) is 0 Å². The standard InChI is InChI=1S/C19H20ClN5O4S/c1-27-15-9-17(29-3)16(28-2)8-12(15)10-21-18(26)11-30-19-22-23-24-25(19)14-6-4-13(20)5-7-14/h4-9H,10-11H2,1-3H3,(H,21,26). The topological polar surface area (TPSA) is 100 Å². The number of nitrogens with zero attached hydrogens (tertiary/aromatic N) is 4. The SMILES string of the molecule is COc1cc(OC)c(OC)cc1CNC(=O)CSc1nnnn1-c1ccc(Cl)cc1. The van der Waals surface area contributed by atoms with E-state index < -0.39 is 0 Å². The monoisotopic (exact) mass is 449 g/mol. The van der Waals surface area contributed by atoms with E-state index in [-0.39, 0.29) is 18.2 Å². The van der Waals surface area contributed by atoms with Gasteiger partial charge in [-0.2, -0.15) is 4.68 Å². The highest BCUT2D eigenvalue weighted by molar-refractivity contribution is 7.99. The van der Waals surface area contributed by atoms with Gasteiger partial charge >= 0.3 is 0 Å². The Bertz CT molecular complexity index is 1010. The van der Waals surface area contributed by atoms with E-state index in [2.05, 4.69) is 20.8 Å². The van der Waals surface area contributed by atoms with Crippen molar-refractivity contribution < 1.29 is 19.0 Å². The Labute approximate surface area is 182 Å². The normalized spacial score (nSPS) is 10.5. The molecule has 158 valence electrons. The van der Waals surface area contributed by atoms with Crippen LogP contribution in [0.5, 0.6) is 17.2 Å². The fourth-order valence-electron chi connectivity index (χ4n) is 2.62. The highest BCUT2D eigenvalue weighted by atomic mass is 35.5. The highest BCUT2D eigenvalue weighted by Gasteiger charge is 2.14. The zero-order valence-electron chi connectivity index (χ0n) is 16.6. The van der Waals surface area contributed by atoms with Crippen LogP contribution in [0.4, 0.5) is 0 Å². The van der Waals surface area contributed by atoms with Crippen molar-refractivity contribution in [1.29, 1.82) is 0 Å². The number of carbonyl (C=O) groups excluding carboxylic acids is 1. The Morgan fingerprint density at radius 2 is 1.73 bits per heavy atom. The summed E-state index contributed by atoms with van der Waals surface area (Å²) in [5, 5.41) is 15.6. The fraction of sp³-hybridized carbons (Fsp3) is 0.263. The predicted octanol–water partition coefficient (Wildman–Crippen LogP) is 2.75. The maximum atomic E-state index is 12.4. The number of hydrogen-bond acceptors (Lipinski definition) is 8. The van der Waals surface area contributed by atoms with Crippen LogP contribution < -0.4 is 19.5 Å². The number of methoxy groups -OCH3 is 3. The third-order valence-corrected chi connectivity index (χ3v) is 5.28. The first kappa shape index (κ1) is 21.7. The van der Waals surface area contributed by atoms with E-state index in [1.807, 2.05) is 0 Å². The van der Waals surface area contributed by atoms with Crippen molar-refractivity contribution in [2.45, 2.75) is 11.7 Å². The van der Waals surface area contributed by atoms with E-state index in [1.165, 1.54) is 11.8 Å². The van der Waals surface area contributed by atoms with E-state index in [0.29, 0.717) is 27.4 Å². The first-order valence-corrected chi connectivity index (χ1v) is 10.1. The second-order valence-electron chi connectivity index (χ2n) is 5.93. The van der Waals surface area contributed by atoms with Gasteiger partial charge in [0.1, 0.15) is 5.75 Å². The summed E-state index contributed by atoms with van der Waals surface area (Å²) in [6.45, 7) is 0.269. The van der Waals surface area contributed by atoms with Gasteiger partial charge in [0.15, 0.2) is 11.5 Å². The molecule has 0 saturated heterocycles. The number of aromatic nitrogens is 4. The van der Waals surface area contributed by atoms with Crippen LogP contribution >= 0.6 is 23.4 Å². The lowest BCUT2D eigenvalue weighted by Crippen LogP contribution is -2.25. The van der Waals surface area contributed by atoms with Gasteiger partial charge in [-0.05, 0) is 40.8 Å². The molecule has 9 nitrogen and oxygen atoms in total. The highest BCUT2D eigenvalue weighted by Crippen LogP contribution is 2.34. The Morgan fingerprint density at radius 3 is 2.40 bits per heavy atom. The molecule has 0 aliphatic heterocycles. The summed E-state index contributed by atoms with van der Waals surface area (Å²) in [6, 6.07) is 10.6. The molecule has 0 unspecified atom stereocenters. The molecule has 0 aliphatic rings. The predicted molar refractivity (Wildman–Crippen MR) is 113 cm³/mol. The van der Waals surface area contributed by atoms with Crippen LogP contribution in [0.2, 0.25) is 5.02 Å². The maximum absolute atomic E-state index is 12.4. The van der Waals surface area contributed by atoms with Crippen molar-refractivity contribution in [2.24, 2.45) is 0 Å². The third kappa shape index (κ3) is 5.14. The molecule has 0 radical (unpaired) electrons. The minimum Gasteiger partial charge on any atom is -0.496 e. The molecule has 0 bridgehead atoms. The molecule has 0 aliphatic carbocycles. The zero-order valence-corrected chi connectivity index (χ0v) is 18.2. The number of benzene rings is 2. The molecule has 1 aromatic heterocycles. The van der Waals surface area contributed by atoms with Gasteiger partial charge < -0.3 is 19.5 Å². The van der Waals surface area contributed by atoms with Crippen LogP contribution in [-0.4, -0.2) is 53.2 Å². The Morgan fingerprint density at radius 1 is 1.07 bits per heavy atom. The lowest BCUT2D eigenvalue weighted by Gasteiger charge is -2.14. The van der Waals surface area contributed by atoms with Crippen molar-refractivity contribution in [3.8, 4) is 22.9 Å². The first-order valence-electron chi connectivity index (χ1n) is 8.78. The number of nitrogens with one attached hydrogen (secondary N) is 1. The molecule has 30 heavy (non-hydrogen) atoms. The van der Waals surface area contributed by atoms with Gasteiger partial charge in [0, 0.05) is 23.2 Å². The lowest BCUT2D eigenvalue weighted by atomic mass is 10.1. The number of hydrogen-bond donors (Lipinski definition) is 1. The van der Waals surface area contributed by atoms with E-state index in [9.17, 15) is 4.79 Å². The number of carbonyl (C=O) groups is 1. The van der Waals surface area contributed by atoms with E-state index in [1.54, 1.807) is 62.4 Å². The second-order valence-corrected chi connectivity index (χ2v) is 7.31. The van der Waals surface area contributed by atoms with Gasteiger partial charge in [0.05, 0.1) is 32.8 Å². The van der Waals surface area contributed by atoms with E-state index in [0.717, 1.165) is 11.3 Å². The summed E-state index contributed by atoms with van der Waals surface area (Å²) in [4.78, 5) is 12.4. The zero-order chi connectivity index (χ0) is 21.5. The number of amides is 1. The van der Waals surface area contributed by atoms with Crippen molar-refractivity contribution in [3.05, 3.63) is 47.0 Å². The Balaban J connectivity index is 1.61. The van der Waals surface area contributed by atoms with Crippen molar-refractivity contribution in [2.75, 3.05) is 27.1 Å². The molecule has 0 saturated carbocycles. The molecule has 2 aromatic carbocycles. The third-order valence-electron chi connectivity index (χ3n) is 4.11. The Kier molecular flexibility index (Phi) is 7.36. The van der Waals surface area contributed by atoms with Crippen molar-refractivity contribution in [3.63, 3.8) is 0 Å². The minimum absolute atomic E-state index is 0.142. The summed E-state index contributed by atoms with van der Waals surface area (Å²) in [5.41, 5.74) is 1.52. The number of rotatable bonds is 9. The first-order chi connectivity index (χ1) is 14.5. The van der Waals surface area contributed by atoms with Gasteiger partial charge in [-0.25, -0.2) is 0 Å². The van der Waals surface area contributed by atoms with Crippen molar-refractivity contribution in [1.82, 2.24) is 25.5 Å². The fourth-order valence-corrected chi connectivity index (χ4v) is 3.47. The van der Waals surface area contributed by atoms with Crippen LogP contribution in [0.1, 0.15) is 5.56 Å². The lowest BCUT2D eigenvalue weighted by molar-refractivity contribution is -0.118. The quantitative estimate of drug-likeness (QED) is 0.498. The van der Waals surface area contributed by atoms with Gasteiger partial charge in [-0.3, -0.25) is 4.79 Å². The molecular weight excluding hydrogens is 430 g/mol. The number of tetrazole rings is 1. The molecule has 1 amide bonds. The molecule has 3 aromatic rings. The molecule has 11 heteroatoms. The van der Waals surface area contributed by atoms with Crippen LogP contribution in [0.25, 0.3) is 5.69 Å². The smallest absolute Gasteiger partial charge is 0.230 e.